The minimum absolute atomic E-state index is 0.0253. The first-order valence-corrected chi connectivity index (χ1v) is 6.05. The van der Waals surface area contributed by atoms with E-state index in [4.69, 9.17) is 16.3 Å². The van der Waals surface area contributed by atoms with E-state index in [0.29, 0.717) is 18.7 Å². The molecule has 1 aromatic heterocycles. The Morgan fingerprint density at radius 3 is 2.89 bits per heavy atom. The van der Waals surface area contributed by atoms with E-state index in [1.54, 1.807) is 20.2 Å². The lowest BCUT2D eigenvalue weighted by atomic mass is 10.2. The highest BCUT2D eigenvalue weighted by molar-refractivity contribution is 6.29. The summed E-state index contributed by atoms with van der Waals surface area (Å²) in [6.45, 7) is 0.824. The van der Waals surface area contributed by atoms with Crippen molar-refractivity contribution in [2.24, 2.45) is 0 Å². The number of hydrogen-bond acceptors (Lipinski definition) is 4. The fraction of sp³-hybridized carbons (Fsp3) is 0.417. The summed E-state index contributed by atoms with van der Waals surface area (Å²) in [5.74, 6) is -0.528. The third-order valence-electron chi connectivity index (χ3n) is 2.33. The third kappa shape index (κ3) is 5.23. The van der Waals surface area contributed by atoms with Gasteiger partial charge in [0.2, 0.25) is 5.91 Å². The SMILES string of the molecule is COCCNC(=O)CN(C)C(=O)c1ccnc(Cl)c1. The highest BCUT2D eigenvalue weighted by atomic mass is 35.5. The lowest BCUT2D eigenvalue weighted by molar-refractivity contribution is -0.121. The van der Waals surface area contributed by atoms with Crippen molar-refractivity contribution in [1.82, 2.24) is 15.2 Å². The molecule has 1 N–H and O–H groups in total. The standard InChI is InChI=1S/C12H16ClN3O3/c1-16(8-11(17)15-5-6-19-2)12(18)9-3-4-14-10(13)7-9/h3-4,7H,5-6,8H2,1-2H3,(H,15,17). The van der Waals surface area contributed by atoms with Crippen molar-refractivity contribution in [3.63, 3.8) is 0 Å². The van der Waals surface area contributed by atoms with Crippen LogP contribution >= 0.6 is 11.6 Å². The summed E-state index contributed by atoms with van der Waals surface area (Å²) in [6, 6.07) is 3.01. The van der Waals surface area contributed by atoms with Gasteiger partial charge in [-0.25, -0.2) is 4.98 Å². The zero-order chi connectivity index (χ0) is 14.3. The summed E-state index contributed by atoms with van der Waals surface area (Å²) >= 11 is 5.71. The molecule has 0 aliphatic rings. The van der Waals surface area contributed by atoms with Crippen LogP contribution in [0.4, 0.5) is 0 Å². The molecule has 0 aliphatic carbocycles. The van der Waals surface area contributed by atoms with E-state index in [2.05, 4.69) is 10.3 Å². The number of amides is 2. The van der Waals surface area contributed by atoms with Gasteiger partial charge in [0, 0.05) is 32.5 Å². The van der Waals surface area contributed by atoms with E-state index in [1.165, 1.54) is 17.2 Å². The first kappa shape index (κ1) is 15.4. The smallest absolute Gasteiger partial charge is 0.254 e. The van der Waals surface area contributed by atoms with Crippen LogP contribution in [0.2, 0.25) is 5.15 Å². The number of hydrogen-bond donors (Lipinski definition) is 1. The maximum absolute atomic E-state index is 12.0. The van der Waals surface area contributed by atoms with E-state index in [1.807, 2.05) is 0 Å². The van der Waals surface area contributed by atoms with E-state index >= 15 is 0 Å². The lowest BCUT2D eigenvalue weighted by Crippen LogP contribution is -2.39. The fourth-order valence-electron chi connectivity index (χ4n) is 1.39. The van der Waals surface area contributed by atoms with Crippen molar-refractivity contribution in [2.45, 2.75) is 0 Å². The molecular weight excluding hydrogens is 270 g/mol. The van der Waals surface area contributed by atoms with Crippen LogP contribution in [-0.2, 0) is 9.53 Å². The van der Waals surface area contributed by atoms with Gasteiger partial charge in [-0.3, -0.25) is 9.59 Å². The van der Waals surface area contributed by atoms with Crippen LogP contribution < -0.4 is 5.32 Å². The Kier molecular flexibility index (Phi) is 6.24. The van der Waals surface area contributed by atoms with Gasteiger partial charge in [-0.1, -0.05) is 11.6 Å². The fourth-order valence-corrected chi connectivity index (χ4v) is 1.57. The molecule has 1 aromatic rings. The minimum atomic E-state index is -0.286. The largest absolute Gasteiger partial charge is 0.383 e. The average molecular weight is 286 g/mol. The highest BCUT2D eigenvalue weighted by Crippen LogP contribution is 2.08. The van der Waals surface area contributed by atoms with Gasteiger partial charge in [0.15, 0.2) is 0 Å². The number of likely N-dealkylation sites (N-methyl/N-ethyl adjacent to an activating group) is 1. The molecule has 0 aliphatic heterocycles. The second-order valence-corrected chi connectivity index (χ2v) is 4.26. The molecule has 0 aromatic carbocycles. The Morgan fingerprint density at radius 2 is 2.26 bits per heavy atom. The topological polar surface area (TPSA) is 71.5 Å². The molecular formula is C12H16ClN3O3. The summed E-state index contributed by atoms with van der Waals surface area (Å²) < 4.78 is 4.81. The molecule has 0 radical (unpaired) electrons. The quantitative estimate of drug-likeness (QED) is 0.613. The molecule has 0 saturated carbocycles. The maximum atomic E-state index is 12.0. The molecule has 0 fully saturated rings. The van der Waals surface area contributed by atoms with Gasteiger partial charge >= 0.3 is 0 Å². The first-order valence-electron chi connectivity index (χ1n) is 5.67. The van der Waals surface area contributed by atoms with Crippen LogP contribution in [0.5, 0.6) is 0 Å². The number of nitrogens with zero attached hydrogens (tertiary/aromatic N) is 2. The molecule has 7 heteroatoms. The number of nitrogens with one attached hydrogen (secondary N) is 1. The van der Waals surface area contributed by atoms with Crippen molar-refractivity contribution < 1.29 is 14.3 Å². The van der Waals surface area contributed by atoms with Crippen LogP contribution in [0.25, 0.3) is 0 Å². The number of pyridine rings is 1. The third-order valence-corrected chi connectivity index (χ3v) is 2.54. The Morgan fingerprint density at radius 1 is 1.53 bits per heavy atom. The van der Waals surface area contributed by atoms with E-state index < -0.39 is 0 Å². The van der Waals surface area contributed by atoms with Gasteiger partial charge in [0.1, 0.15) is 5.15 Å². The van der Waals surface area contributed by atoms with Gasteiger partial charge < -0.3 is 15.0 Å². The highest BCUT2D eigenvalue weighted by Gasteiger charge is 2.15. The molecule has 19 heavy (non-hydrogen) atoms. The minimum Gasteiger partial charge on any atom is -0.383 e. The van der Waals surface area contributed by atoms with Crippen molar-refractivity contribution >= 4 is 23.4 Å². The van der Waals surface area contributed by atoms with Gasteiger partial charge in [0.25, 0.3) is 5.91 Å². The summed E-state index contributed by atoms with van der Waals surface area (Å²) in [4.78, 5) is 28.6. The Hall–Kier alpha value is -1.66. The molecule has 0 atom stereocenters. The predicted octanol–water partition coefficient (Wildman–Crippen LogP) is 0.570. The van der Waals surface area contributed by atoms with Crippen LogP contribution in [0.3, 0.4) is 0 Å². The molecule has 0 unspecified atom stereocenters. The summed E-state index contributed by atoms with van der Waals surface area (Å²) in [7, 11) is 3.10. The van der Waals surface area contributed by atoms with Crippen LogP contribution in [0.1, 0.15) is 10.4 Å². The van der Waals surface area contributed by atoms with Crippen molar-refractivity contribution in [2.75, 3.05) is 33.9 Å². The number of carbonyl (C=O) groups excluding carboxylic acids is 2. The van der Waals surface area contributed by atoms with Crippen molar-refractivity contribution in [3.8, 4) is 0 Å². The number of methoxy groups -OCH3 is 1. The normalized spacial score (nSPS) is 10.1. The zero-order valence-electron chi connectivity index (χ0n) is 10.9. The molecule has 0 spiro atoms. The van der Waals surface area contributed by atoms with E-state index in [-0.39, 0.29) is 23.5 Å². The lowest BCUT2D eigenvalue weighted by Gasteiger charge is -2.16. The number of carbonyl (C=O) groups is 2. The van der Waals surface area contributed by atoms with Crippen LogP contribution in [-0.4, -0.2) is 55.6 Å². The van der Waals surface area contributed by atoms with Gasteiger partial charge in [0.05, 0.1) is 13.2 Å². The van der Waals surface area contributed by atoms with Crippen molar-refractivity contribution in [1.29, 1.82) is 0 Å². The zero-order valence-corrected chi connectivity index (χ0v) is 11.6. The number of rotatable bonds is 6. The Labute approximate surface area is 116 Å². The molecule has 2 amide bonds. The monoisotopic (exact) mass is 285 g/mol. The van der Waals surface area contributed by atoms with E-state index in [9.17, 15) is 9.59 Å². The van der Waals surface area contributed by atoms with Gasteiger partial charge in [-0.15, -0.1) is 0 Å². The first-order chi connectivity index (χ1) is 9.04. The molecule has 0 bridgehead atoms. The molecule has 1 heterocycles. The van der Waals surface area contributed by atoms with Crippen LogP contribution in [0, 0.1) is 0 Å². The second kappa shape index (κ2) is 7.70. The van der Waals surface area contributed by atoms with Crippen LogP contribution in [0.15, 0.2) is 18.3 Å². The summed E-state index contributed by atoms with van der Waals surface area (Å²) in [6.07, 6.45) is 1.45. The molecule has 6 nitrogen and oxygen atoms in total. The van der Waals surface area contributed by atoms with Gasteiger partial charge in [-0.05, 0) is 12.1 Å². The average Bonchev–Trinajstić information content (AvgIpc) is 2.38. The van der Waals surface area contributed by atoms with E-state index in [0.717, 1.165) is 0 Å². The number of ether oxygens (including phenoxy) is 1. The van der Waals surface area contributed by atoms with Gasteiger partial charge in [-0.2, -0.15) is 0 Å². The number of aromatic nitrogens is 1. The summed E-state index contributed by atoms with van der Waals surface area (Å²) in [5, 5.41) is 2.88. The summed E-state index contributed by atoms with van der Waals surface area (Å²) in [5.41, 5.74) is 0.396. The van der Waals surface area contributed by atoms with Crippen molar-refractivity contribution in [3.05, 3.63) is 29.0 Å². The molecule has 104 valence electrons. The maximum Gasteiger partial charge on any atom is 0.254 e. The Bertz CT molecular complexity index is 454. The second-order valence-electron chi connectivity index (χ2n) is 3.87. The molecule has 0 saturated heterocycles. The molecule has 1 rings (SSSR count). The predicted molar refractivity (Wildman–Crippen MR) is 71.1 cm³/mol. The Balaban J connectivity index is 2.51. The number of halogens is 1.